The first kappa shape index (κ1) is 29.4. The molecule has 13 heteroatoms. The maximum absolute atomic E-state index is 14.0. The van der Waals surface area contributed by atoms with E-state index in [1.165, 1.54) is 37.8 Å². The van der Waals surface area contributed by atoms with Gasteiger partial charge in [0.2, 0.25) is 5.91 Å². The Morgan fingerprint density at radius 3 is 2.49 bits per heavy atom. The molecule has 226 valence electrons. The largest absolute Gasteiger partial charge is 0.382 e. The number of anilines is 3. The van der Waals surface area contributed by atoms with Crippen LogP contribution in [0.2, 0.25) is 0 Å². The molecule has 0 aliphatic rings. The quantitative estimate of drug-likeness (QED) is 0.243. The Kier molecular flexibility index (Phi) is 7.94. The molecule has 0 aliphatic carbocycles. The third-order valence-corrected chi connectivity index (χ3v) is 8.04. The van der Waals surface area contributed by atoms with Gasteiger partial charge in [-0.1, -0.05) is 35.6 Å². The number of carbonyl (C=O) groups excluding carboxylic acids is 2. The van der Waals surface area contributed by atoms with Gasteiger partial charge in [-0.15, -0.1) is 0 Å². The summed E-state index contributed by atoms with van der Waals surface area (Å²) in [6.07, 6.45) is 4.60. The first-order valence-corrected chi connectivity index (χ1v) is 14.7. The highest BCUT2D eigenvalue weighted by Crippen LogP contribution is 2.27. The number of aromatic nitrogens is 5. The molecular formula is C32H29N9O3S. The van der Waals surface area contributed by atoms with Crippen LogP contribution in [-0.4, -0.2) is 68.5 Å². The first-order valence-electron chi connectivity index (χ1n) is 13.9. The van der Waals surface area contributed by atoms with Crippen molar-refractivity contribution in [3.05, 3.63) is 107 Å². The van der Waals surface area contributed by atoms with Crippen molar-refractivity contribution in [2.75, 3.05) is 43.6 Å². The lowest BCUT2D eigenvalue weighted by Gasteiger charge is -2.16. The fourth-order valence-corrected chi connectivity index (χ4v) is 5.68. The Morgan fingerprint density at radius 1 is 0.956 bits per heavy atom. The summed E-state index contributed by atoms with van der Waals surface area (Å²) in [5.74, 6) is -0.420. The smallest absolute Gasteiger partial charge is 0.339 e. The number of imidazole rings is 1. The summed E-state index contributed by atoms with van der Waals surface area (Å²) in [5, 5.41) is 3.34. The number of thiazole rings is 1. The summed E-state index contributed by atoms with van der Waals surface area (Å²) >= 11 is 1.39. The molecule has 0 saturated heterocycles. The summed E-state index contributed by atoms with van der Waals surface area (Å²) in [5.41, 5.74) is 9.19. The third kappa shape index (κ3) is 5.81. The molecule has 6 rings (SSSR count). The van der Waals surface area contributed by atoms with Crippen LogP contribution >= 0.6 is 11.3 Å². The average molecular weight is 620 g/mol. The lowest BCUT2D eigenvalue weighted by atomic mass is 10.2. The van der Waals surface area contributed by atoms with Crippen LogP contribution in [0.1, 0.15) is 10.4 Å². The third-order valence-electron chi connectivity index (χ3n) is 7.09. The predicted octanol–water partition coefficient (Wildman–Crippen LogP) is 4.10. The van der Waals surface area contributed by atoms with Crippen molar-refractivity contribution in [2.45, 2.75) is 0 Å². The number of benzene rings is 3. The van der Waals surface area contributed by atoms with E-state index in [4.69, 9.17) is 5.73 Å². The summed E-state index contributed by atoms with van der Waals surface area (Å²) < 4.78 is 3.80. The standard InChI is InChI=1S/C32H29N9O3S/c1-38(2)17-7-12-26(42)39(3)22-8-6-9-23(18-22)41-29-27(28(33)34-19-35-29)40(32(41)44)21-15-13-20(14-16-21)30(43)37-31-36-24-10-4-5-11-25(24)45-31/h4-16,18-19H,17H2,1-3H3,(H2,33,34,35)(H,36,37,43). The van der Waals surface area contributed by atoms with Crippen LogP contribution in [0.3, 0.4) is 0 Å². The van der Waals surface area contributed by atoms with Crippen LogP contribution < -0.4 is 21.6 Å². The second-order valence-corrected chi connectivity index (χ2v) is 11.5. The Labute approximate surface area is 261 Å². The van der Waals surface area contributed by atoms with Gasteiger partial charge in [0, 0.05) is 30.9 Å². The number of nitrogens with two attached hydrogens (primary N) is 1. The monoisotopic (exact) mass is 619 g/mol. The van der Waals surface area contributed by atoms with Gasteiger partial charge in [0.25, 0.3) is 5.91 Å². The van der Waals surface area contributed by atoms with E-state index in [1.54, 1.807) is 61.7 Å². The van der Waals surface area contributed by atoms with Crippen molar-refractivity contribution in [2.24, 2.45) is 0 Å². The minimum Gasteiger partial charge on any atom is -0.382 e. The van der Waals surface area contributed by atoms with Crippen molar-refractivity contribution in [3.63, 3.8) is 0 Å². The second kappa shape index (κ2) is 12.1. The van der Waals surface area contributed by atoms with Gasteiger partial charge in [-0.25, -0.2) is 24.3 Å². The molecule has 45 heavy (non-hydrogen) atoms. The molecule has 3 N–H and O–H groups in total. The van der Waals surface area contributed by atoms with Gasteiger partial charge in [-0.2, -0.15) is 0 Å². The number of carbonyl (C=O) groups is 2. The summed E-state index contributed by atoms with van der Waals surface area (Å²) in [4.78, 5) is 56.2. The van der Waals surface area contributed by atoms with Crippen LogP contribution in [-0.2, 0) is 4.79 Å². The number of hydrogen-bond acceptors (Lipinski definition) is 9. The molecule has 0 radical (unpaired) electrons. The zero-order valence-electron chi connectivity index (χ0n) is 24.7. The number of amides is 2. The van der Waals surface area contributed by atoms with Gasteiger partial charge in [0.15, 0.2) is 16.6 Å². The van der Waals surface area contributed by atoms with Crippen molar-refractivity contribution >= 4 is 61.2 Å². The highest BCUT2D eigenvalue weighted by atomic mass is 32.1. The summed E-state index contributed by atoms with van der Waals surface area (Å²) in [7, 11) is 5.51. The van der Waals surface area contributed by atoms with Crippen LogP contribution in [0, 0.1) is 0 Å². The molecule has 0 bridgehead atoms. The number of hydrogen-bond donors (Lipinski definition) is 2. The van der Waals surface area contributed by atoms with E-state index in [1.807, 2.05) is 43.3 Å². The van der Waals surface area contributed by atoms with Gasteiger partial charge >= 0.3 is 5.69 Å². The highest BCUT2D eigenvalue weighted by molar-refractivity contribution is 7.22. The summed E-state index contributed by atoms with van der Waals surface area (Å²) in [6.45, 7) is 0.629. The van der Waals surface area contributed by atoms with Crippen molar-refractivity contribution in [1.82, 2.24) is 29.0 Å². The number of nitrogens with one attached hydrogen (secondary N) is 1. The highest BCUT2D eigenvalue weighted by Gasteiger charge is 2.21. The van der Waals surface area contributed by atoms with E-state index >= 15 is 0 Å². The molecule has 3 heterocycles. The Bertz CT molecular complexity index is 2110. The van der Waals surface area contributed by atoms with E-state index in [-0.39, 0.29) is 17.6 Å². The molecule has 0 unspecified atom stereocenters. The van der Waals surface area contributed by atoms with Crippen LogP contribution in [0.4, 0.5) is 16.6 Å². The number of nitrogens with zero attached hydrogens (tertiary/aromatic N) is 7. The Hall–Kier alpha value is -5.66. The number of likely N-dealkylation sites (N-methyl/N-ethyl adjacent to an activating group) is 2. The van der Waals surface area contributed by atoms with Crippen molar-refractivity contribution in [1.29, 1.82) is 0 Å². The van der Waals surface area contributed by atoms with Crippen molar-refractivity contribution < 1.29 is 9.59 Å². The molecule has 0 fully saturated rings. The Balaban J connectivity index is 1.33. The number of fused-ring (bicyclic) bond motifs is 2. The van der Waals surface area contributed by atoms with Gasteiger partial charge in [0.1, 0.15) is 11.8 Å². The molecule has 12 nitrogen and oxygen atoms in total. The van der Waals surface area contributed by atoms with E-state index in [2.05, 4.69) is 20.3 Å². The lowest BCUT2D eigenvalue weighted by molar-refractivity contribution is -0.113. The number of para-hydroxylation sites is 1. The van der Waals surface area contributed by atoms with Gasteiger partial charge in [0.05, 0.1) is 21.6 Å². The number of nitrogen functional groups attached to an aromatic ring is 1. The fourth-order valence-electron chi connectivity index (χ4n) is 4.82. The SMILES string of the molecule is CN(C)CC=CC(=O)N(C)c1cccc(-n2c(=O)n(-c3ccc(C(=O)Nc4nc5ccccc5s4)cc3)c3c(N)ncnc32)c1. The normalized spacial score (nSPS) is 11.6. The van der Waals surface area contributed by atoms with E-state index in [0.717, 1.165) is 10.2 Å². The van der Waals surface area contributed by atoms with Gasteiger partial charge < -0.3 is 15.5 Å². The number of rotatable bonds is 8. The molecule has 3 aromatic carbocycles. The molecular weight excluding hydrogens is 590 g/mol. The molecule has 0 atom stereocenters. The molecule has 3 aromatic heterocycles. The minimum atomic E-state index is -0.444. The maximum Gasteiger partial charge on any atom is 0.339 e. The predicted molar refractivity (Wildman–Crippen MR) is 178 cm³/mol. The zero-order valence-corrected chi connectivity index (χ0v) is 25.5. The van der Waals surface area contributed by atoms with E-state index in [0.29, 0.717) is 45.5 Å². The Morgan fingerprint density at radius 2 is 1.73 bits per heavy atom. The molecule has 0 saturated carbocycles. The molecule has 2 amide bonds. The van der Waals surface area contributed by atoms with Crippen molar-refractivity contribution in [3.8, 4) is 11.4 Å². The van der Waals surface area contributed by atoms with Crippen LogP contribution in [0.15, 0.2) is 96.1 Å². The fraction of sp³-hybridized carbons (Fsp3) is 0.125. The zero-order chi connectivity index (χ0) is 31.7. The van der Waals surface area contributed by atoms with Crippen LogP contribution in [0.25, 0.3) is 32.8 Å². The first-order chi connectivity index (χ1) is 21.7. The summed E-state index contributed by atoms with van der Waals surface area (Å²) in [6, 6.07) is 21.2. The van der Waals surface area contributed by atoms with E-state index < -0.39 is 5.69 Å². The molecule has 0 aliphatic heterocycles. The average Bonchev–Trinajstić information content (AvgIpc) is 3.58. The topological polar surface area (TPSA) is 144 Å². The minimum absolute atomic E-state index is 0.114. The van der Waals surface area contributed by atoms with Crippen LogP contribution in [0.5, 0.6) is 0 Å². The molecule has 6 aromatic rings. The maximum atomic E-state index is 14.0. The van der Waals surface area contributed by atoms with Gasteiger partial charge in [-0.3, -0.25) is 19.5 Å². The molecule has 0 spiro atoms. The lowest BCUT2D eigenvalue weighted by Crippen LogP contribution is -2.25. The second-order valence-electron chi connectivity index (χ2n) is 10.5. The van der Waals surface area contributed by atoms with Gasteiger partial charge in [-0.05, 0) is 68.7 Å². The van der Waals surface area contributed by atoms with E-state index in [9.17, 15) is 14.4 Å².